The number of hydrogen-bond donors (Lipinski definition) is 1. The average molecular weight is 278 g/mol. The van der Waals surface area contributed by atoms with Gasteiger partial charge in [0.05, 0.1) is 17.1 Å². The Morgan fingerprint density at radius 1 is 1.35 bits per heavy atom. The number of aromatic hydroxyl groups is 1. The van der Waals surface area contributed by atoms with Crippen LogP contribution in [0.4, 0.5) is 5.69 Å². The van der Waals surface area contributed by atoms with Crippen molar-refractivity contribution in [1.29, 1.82) is 0 Å². The van der Waals surface area contributed by atoms with E-state index in [1.807, 2.05) is 0 Å². The minimum Gasteiger partial charge on any atom is -0.508 e. The number of carbonyl (C=O) groups excluding carboxylic acids is 1. The van der Waals surface area contributed by atoms with E-state index in [-0.39, 0.29) is 29.2 Å². The predicted molar refractivity (Wildman–Crippen MR) is 68.6 cm³/mol. The first kappa shape index (κ1) is 12.9. The van der Waals surface area contributed by atoms with Crippen LogP contribution in [0.5, 0.6) is 5.75 Å². The van der Waals surface area contributed by atoms with Crippen molar-refractivity contribution in [2.75, 3.05) is 13.1 Å². The number of phenols is 1. The molecule has 1 aromatic carbocycles. The number of benzene rings is 1. The van der Waals surface area contributed by atoms with Crippen molar-refractivity contribution in [3.8, 4) is 5.75 Å². The molecule has 3 rings (SSSR count). The molecule has 0 aliphatic carbocycles. The van der Waals surface area contributed by atoms with Gasteiger partial charge in [-0.15, -0.1) is 0 Å². The molecular weight excluding hydrogens is 264 g/mol. The summed E-state index contributed by atoms with van der Waals surface area (Å²) in [5.74, 6) is -0.581. The highest BCUT2D eigenvalue weighted by Crippen LogP contribution is 2.30. The third kappa shape index (κ3) is 2.20. The van der Waals surface area contributed by atoms with Crippen molar-refractivity contribution >= 4 is 11.6 Å². The number of likely N-dealkylation sites (tertiary alicyclic amines) is 1. The Morgan fingerprint density at radius 3 is 2.60 bits per heavy atom. The summed E-state index contributed by atoms with van der Waals surface area (Å²) in [6.45, 7) is 0.893. The highest BCUT2D eigenvalue weighted by atomic mass is 16.6. The molecule has 2 aliphatic heterocycles. The summed E-state index contributed by atoms with van der Waals surface area (Å²) in [6, 6.07) is 3.51. The molecule has 1 amide bonds. The molecule has 20 heavy (non-hydrogen) atoms. The summed E-state index contributed by atoms with van der Waals surface area (Å²) in [5, 5.41) is 20.5. The van der Waals surface area contributed by atoms with Crippen LogP contribution in [-0.2, 0) is 4.74 Å². The summed E-state index contributed by atoms with van der Waals surface area (Å²) >= 11 is 0. The van der Waals surface area contributed by atoms with Crippen LogP contribution in [0.15, 0.2) is 18.2 Å². The molecule has 0 radical (unpaired) electrons. The molecule has 1 N–H and O–H groups in total. The average Bonchev–Trinajstić information content (AvgIpc) is 2.76. The fourth-order valence-corrected chi connectivity index (χ4v) is 2.81. The van der Waals surface area contributed by atoms with Crippen molar-refractivity contribution in [2.24, 2.45) is 0 Å². The normalized spacial score (nSPS) is 24.7. The number of carbonyl (C=O) groups is 1. The summed E-state index contributed by atoms with van der Waals surface area (Å²) < 4.78 is 5.64. The van der Waals surface area contributed by atoms with Gasteiger partial charge >= 0.3 is 0 Å². The summed E-state index contributed by atoms with van der Waals surface area (Å²) in [6.07, 6.45) is 1.87. The molecule has 0 saturated carbocycles. The Balaban J connectivity index is 1.90. The van der Waals surface area contributed by atoms with Crippen molar-refractivity contribution < 1.29 is 19.6 Å². The first-order valence-electron chi connectivity index (χ1n) is 6.46. The topological polar surface area (TPSA) is 92.9 Å². The van der Waals surface area contributed by atoms with Crippen LogP contribution in [0.25, 0.3) is 0 Å². The van der Waals surface area contributed by atoms with Crippen LogP contribution < -0.4 is 0 Å². The van der Waals surface area contributed by atoms with Crippen LogP contribution in [0.2, 0.25) is 0 Å². The third-order valence-corrected chi connectivity index (χ3v) is 3.74. The zero-order valence-electron chi connectivity index (χ0n) is 10.7. The molecular formula is C13H14N2O5. The number of phenolic OH excluding ortho intramolecular Hbond substituents is 1. The maximum Gasteiger partial charge on any atom is 0.282 e. The second kappa shape index (κ2) is 4.75. The monoisotopic (exact) mass is 278 g/mol. The van der Waals surface area contributed by atoms with Gasteiger partial charge in [-0.2, -0.15) is 0 Å². The Bertz CT molecular complexity index is 562. The maximum atomic E-state index is 12.5. The van der Waals surface area contributed by atoms with Gasteiger partial charge in [0, 0.05) is 19.2 Å². The van der Waals surface area contributed by atoms with Crippen molar-refractivity contribution in [3.63, 3.8) is 0 Å². The fourth-order valence-electron chi connectivity index (χ4n) is 2.81. The SMILES string of the molecule is O=C(c1cc(O)ccc1[N+](=O)[O-])N1CC2CCC(C1)O2. The lowest BCUT2D eigenvalue weighted by Crippen LogP contribution is -2.45. The van der Waals surface area contributed by atoms with E-state index < -0.39 is 10.8 Å². The Labute approximate surface area is 114 Å². The van der Waals surface area contributed by atoms with E-state index in [1.54, 1.807) is 4.90 Å². The lowest BCUT2D eigenvalue weighted by Gasteiger charge is -2.32. The lowest BCUT2D eigenvalue weighted by molar-refractivity contribution is -0.385. The van der Waals surface area contributed by atoms with Crippen LogP contribution in [-0.4, -0.2) is 46.1 Å². The van der Waals surface area contributed by atoms with Gasteiger partial charge in [0.15, 0.2) is 0 Å². The van der Waals surface area contributed by atoms with E-state index in [2.05, 4.69) is 0 Å². The van der Waals surface area contributed by atoms with E-state index >= 15 is 0 Å². The molecule has 2 atom stereocenters. The van der Waals surface area contributed by atoms with Gasteiger partial charge in [-0.3, -0.25) is 14.9 Å². The molecule has 2 heterocycles. The molecule has 7 heteroatoms. The minimum absolute atomic E-state index is 0.0223. The van der Waals surface area contributed by atoms with E-state index in [0.29, 0.717) is 13.1 Å². The van der Waals surface area contributed by atoms with Gasteiger partial charge in [0.25, 0.3) is 11.6 Å². The second-order valence-corrected chi connectivity index (χ2v) is 5.13. The highest BCUT2D eigenvalue weighted by molar-refractivity contribution is 5.98. The Kier molecular flexibility index (Phi) is 3.06. The molecule has 2 bridgehead atoms. The molecule has 0 aromatic heterocycles. The van der Waals surface area contributed by atoms with Gasteiger partial charge in [-0.1, -0.05) is 0 Å². The van der Waals surface area contributed by atoms with Gasteiger partial charge in [0.2, 0.25) is 0 Å². The Hall–Kier alpha value is -2.15. The zero-order chi connectivity index (χ0) is 14.3. The molecule has 2 saturated heterocycles. The molecule has 2 unspecified atom stereocenters. The fraction of sp³-hybridized carbons (Fsp3) is 0.462. The summed E-state index contributed by atoms with van der Waals surface area (Å²) in [5.41, 5.74) is -0.358. The molecule has 1 aromatic rings. The number of amides is 1. The van der Waals surface area contributed by atoms with E-state index in [0.717, 1.165) is 25.0 Å². The molecule has 0 spiro atoms. The third-order valence-electron chi connectivity index (χ3n) is 3.74. The van der Waals surface area contributed by atoms with E-state index in [1.165, 1.54) is 6.07 Å². The van der Waals surface area contributed by atoms with Crippen molar-refractivity contribution in [1.82, 2.24) is 4.90 Å². The summed E-state index contributed by atoms with van der Waals surface area (Å²) in [7, 11) is 0. The van der Waals surface area contributed by atoms with Crippen LogP contribution >= 0.6 is 0 Å². The number of nitrogens with zero attached hydrogens (tertiary/aromatic N) is 2. The molecule has 2 fully saturated rings. The highest BCUT2D eigenvalue weighted by Gasteiger charge is 2.37. The zero-order valence-corrected chi connectivity index (χ0v) is 10.7. The number of morpholine rings is 1. The maximum absolute atomic E-state index is 12.5. The predicted octanol–water partition coefficient (Wildman–Crippen LogP) is 1.30. The Morgan fingerprint density at radius 2 is 2.00 bits per heavy atom. The van der Waals surface area contributed by atoms with Crippen molar-refractivity contribution in [2.45, 2.75) is 25.0 Å². The van der Waals surface area contributed by atoms with Gasteiger partial charge < -0.3 is 14.7 Å². The van der Waals surface area contributed by atoms with Crippen LogP contribution in [0, 0.1) is 10.1 Å². The van der Waals surface area contributed by atoms with Gasteiger partial charge in [-0.05, 0) is 25.0 Å². The summed E-state index contributed by atoms with van der Waals surface area (Å²) in [4.78, 5) is 24.4. The van der Waals surface area contributed by atoms with Crippen LogP contribution in [0.3, 0.4) is 0 Å². The number of hydrogen-bond acceptors (Lipinski definition) is 5. The lowest BCUT2D eigenvalue weighted by atomic mass is 10.1. The number of ether oxygens (including phenoxy) is 1. The number of nitro groups is 1. The van der Waals surface area contributed by atoms with E-state index in [4.69, 9.17) is 4.74 Å². The quantitative estimate of drug-likeness (QED) is 0.650. The second-order valence-electron chi connectivity index (χ2n) is 5.13. The van der Waals surface area contributed by atoms with Gasteiger partial charge in [0.1, 0.15) is 11.3 Å². The number of nitro benzene ring substituents is 1. The standard InChI is InChI=1S/C13H14N2O5/c16-8-1-4-12(15(18)19)11(5-8)13(17)14-6-9-2-3-10(7-14)20-9/h1,4-5,9-10,16H,2-3,6-7H2. The number of fused-ring (bicyclic) bond motifs is 2. The van der Waals surface area contributed by atoms with E-state index in [9.17, 15) is 20.0 Å². The molecule has 7 nitrogen and oxygen atoms in total. The minimum atomic E-state index is -0.609. The number of rotatable bonds is 2. The first-order chi connectivity index (χ1) is 9.54. The molecule has 106 valence electrons. The van der Waals surface area contributed by atoms with Crippen LogP contribution in [0.1, 0.15) is 23.2 Å². The largest absolute Gasteiger partial charge is 0.508 e. The molecule has 2 aliphatic rings. The smallest absolute Gasteiger partial charge is 0.282 e. The first-order valence-corrected chi connectivity index (χ1v) is 6.46. The van der Waals surface area contributed by atoms with Crippen molar-refractivity contribution in [3.05, 3.63) is 33.9 Å². The van der Waals surface area contributed by atoms with Gasteiger partial charge in [-0.25, -0.2) is 0 Å².